The van der Waals surface area contributed by atoms with E-state index in [1.165, 1.54) is 5.69 Å². The second-order valence-electron chi connectivity index (χ2n) is 6.56. The third kappa shape index (κ3) is 3.13. The fourth-order valence-corrected chi connectivity index (χ4v) is 3.40. The third-order valence-corrected chi connectivity index (χ3v) is 4.82. The van der Waals surface area contributed by atoms with E-state index in [-0.39, 0.29) is 5.56 Å². The van der Waals surface area contributed by atoms with Gasteiger partial charge in [0.2, 0.25) is 0 Å². The number of rotatable bonds is 4. The first-order valence-electron chi connectivity index (χ1n) is 8.85. The van der Waals surface area contributed by atoms with E-state index in [0.717, 1.165) is 42.9 Å². The van der Waals surface area contributed by atoms with Crippen molar-refractivity contribution in [2.75, 3.05) is 12.3 Å². The molecule has 0 fully saturated rings. The molecule has 0 saturated heterocycles. The SMILES string of the molecule is CCn1nccc1CN1CCc2nc(-c3ccc(N)cc3)[nH]c(=O)c2C1. The van der Waals surface area contributed by atoms with E-state index in [0.29, 0.717) is 18.1 Å². The maximum Gasteiger partial charge on any atom is 0.255 e. The standard InChI is InChI=1S/C19H22N6O/c1-2-25-15(7-9-21-25)11-24-10-8-17-16(12-24)19(26)23-18(22-17)13-3-5-14(20)6-4-13/h3-7,9H,2,8,10-12,20H2,1H3,(H,22,23,26). The van der Waals surface area contributed by atoms with Gasteiger partial charge < -0.3 is 10.7 Å². The summed E-state index contributed by atoms with van der Waals surface area (Å²) in [6, 6.07) is 9.41. The Morgan fingerprint density at radius 3 is 2.81 bits per heavy atom. The van der Waals surface area contributed by atoms with Gasteiger partial charge in [0.05, 0.1) is 17.0 Å². The minimum atomic E-state index is -0.0597. The van der Waals surface area contributed by atoms with Gasteiger partial charge in [-0.25, -0.2) is 4.98 Å². The molecule has 1 aliphatic heterocycles. The van der Waals surface area contributed by atoms with Gasteiger partial charge in [-0.3, -0.25) is 14.4 Å². The normalized spacial score (nSPS) is 14.3. The van der Waals surface area contributed by atoms with Crippen LogP contribution in [0.2, 0.25) is 0 Å². The van der Waals surface area contributed by atoms with Crippen LogP contribution in [0, 0.1) is 0 Å². The zero-order chi connectivity index (χ0) is 18.1. The first-order valence-corrected chi connectivity index (χ1v) is 8.85. The van der Waals surface area contributed by atoms with Gasteiger partial charge in [0.25, 0.3) is 5.56 Å². The molecule has 0 atom stereocenters. The second kappa shape index (κ2) is 6.76. The van der Waals surface area contributed by atoms with E-state index >= 15 is 0 Å². The lowest BCUT2D eigenvalue weighted by Crippen LogP contribution is -2.36. The summed E-state index contributed by atoms with van der Waals surface area (Å²) in [5.41, 5.74) is 10.1. The van der Waals surface area contributed by atoms with Crippen LogP contribution in [0.25, 0.3) is 11.4 Å². The zero-order valence-corrected chi connectivity index (χ0v) is 14.8. The molecule has 7 nitrogen and oxygen atoms in total. The molecule has 2 aromatic heterocycles. The van der Waals surface area contributed by atoms with Gasteiger partial charge in [-0.05, 0) is 37.3 Å². The van der Waals surface area contributed by atoms with Gasteiger partial charge in [0, 0.05) is 50.0 Å². The van der Waals surface area contributed by atoms with Crippen LogP contribution in [-0.2, 0) is 26.1 Å². The first-order chi connectivity index (χ1) is 12.6. The topological polar surface area (TPSA) is 92.8 Å². The van der Waals surface area contributed by atoms with Crippen LogP contribution in [0.15, 0.2) is 41.3 Å². The predicted octanol–water partition coefficient (Wildman–Crippen LogP) is 1.79. The zero-order valence-electron chi connectivity index (χ0n) is 14.8. The van der Waals surface area contributed by atoms with Crippen molar-refractivity contribution in [1.29, 1.82) is 0 Å². The summed E-state index contributed by atoms with van der Waals surface area (Å²) in [5.74, 6) is 0.603. The Balaban J connectivity index is 1.58. The van der Waals surface area contributed by atoms with E-state index in [4.69, 9.17) is 10.7 Å². The number of aryl methyl sites for hydroxylation is 1. The van der Waals surface area contributed by atoms with Gasteiger partial charge in [-0.1, -0.05) is 0 Å². The van der Waals surface area contributed by atoms with Crippen LogP contribution in [0.4, 0.5) is 5.69 Å². The fraction of sp³-hybridized carbons (Fsp3) is 0.316. The van der Waals surface area contributed by atoms with E-state index in [1.54, 1.807) is 0 Å². The minimum absolute atomic E-state index is 0.0597. The Morgan fingerprint density at radius 2 is 2.04 bits per heavy atom. The summed E-state index contributed by atoms with van der Waals surface area (Å²) in [6.07, 6.45) is 2.59. The quantitative estimate of drug-likeness (QED) is 0.700. The van der Waals surface area contributed by atoms with E-state index in [9.17, 15) is 4.79 Å². The van der Waals surface area contributed by atoms with Crippen molar-refractivity contribution < 1.29 is 0 Å². The maximum atomic E-state index is 12.6. The van der Waals surface area contributed by atoms with Gasteiger partial charge in [0.1, 0.15) is 5.82 Å². The Morgan fingerprint density at radius 1 is 1.23 bits per heavy atom. The molecule has 4 rings (SSSR count). The summed E-state index contributed by atoms with van der Waals surface area (Å²) in [5, 5.41) is 4.31. The number of benzene rings is 1. The fourth-order valence-electron chi connectivity index (χ4n) is 3.40. The first kappa shape index (κ1) is 16.5. The van der Waals surface area contributed by atoms with Crippen LogP contribution >= 0.6 is 0 Å². The number of H-pyrrole nitrogens is 1. The van der Waals surface area contributed by atoms with Crippen molar-refractivity contribution in [3.05, 3.63) is 63.8 Å². The van der Waals surface area contributed by atoms with Crippen LogP contribution < -0.4 is 11.3 Å². The van der Waals surface area contributed by atoms with Gasteiger partial charge >= 0.3 is 0 Å². The van der Waals surface area contributed by atoms with Crippen molar-refractivity contribution >= 4 is 5.69 Å². The Bertz CT molecular complexity index is 972. The highest BCUT2D eigenvalue weighted by Crippen LogP contribution is 2.20. The number of nitrogens with one attached hydrogen (secondary N) is 1. The number of anilines is 1. The van der Waals surface area contributed by atoms with Crippen LogP contribution in [0.5, 0.6) is 0 Å². The highest BCUT2D eigenvalue weighted by atomic mass is 16.1. The number of aromatic nitrogens is 4. The molecule has 1 aliphatic rings. The van der Waals surface area contributed by atoms with Crippen LogP contribution in [0.3, 0.4) is 0 Å². The number of hydrogen-bond acceptors (Lipinski definition) is 5. The Labute approximate surface area is 151 Å². The second-order valence-corrected chi connectivity index (χ2v) is 6.56. The molecule has 3 aromatic rings. The van der Waals surface area contributed by atoms with Crippen LogP contribution in [0.1, 0.15) is 23.9 Å². The number of nitrogens with two attached hydrogens (primary N) is 1. The number of aromatic amines is 1. The monoisotopic (exact) mass is 350 g/mol. The van der Waals surface area contributed by atoms with E-state index in [1.807, 2.05) is 41.2 Å². The molecule has 0 spiro atoms. The molecule has 3 N–H and O–H groups in total. The lowest BCUT2D eigenvalue weighted by atomic mass is 10.1. The van der Waals surface area contributed by atoms with Gasteiger partial charge in [-0.15, -0.1) is 0 Å². The maximum absolute atomic E-state index is 12.6. The molecule has 3 heterocycles. The molecule has 134 valence electrons. The Hall–Kier alpha value is -2.93. The smallest absolute Gasteiger partial charge is 0.255 e. The van der Waals surface area contributed by atoms with Gasteiger partial charge in [0.15, 0.2) is 0 Å². The van der Waals surface area contributed by atoms with Crippen molar-refractivity contribution in [3.63, 3.8) is 0 Å². The number of hydrogen-bond donors (Lipinski definition) is 2. The molecule has 0 saturated carbocycles. The Kier molecular flexibility index (Phi) is 4.30. The van der Waals surface area contributed by atoms with Crippen LogP contribution in [-0.4, -0.2) is 31.2 Å². The van der Waals surface area contributed by atoms with Crippen molar-refractivity contribution in [3.8, 4) is 11.4 Å². The summed E-state index contributed by atoms with van der Waals surface area (Å²) in [4.78, 5) is 22.5. The molecule has 0 radical (unpaired) electrons. The summed E-state index contributed by atoms with van der Waals surface area (Å²) >= 11 is 0. The highest BCUT2D eigenvalue weighted by molar-refractivity contribution is 5.58. The molecule has 26 heavy (non-hydrogen) atoms. The minimum Gasteiger partial charge on any atom is -0.399 e. The number of fused-ring (bicyclic) bond motifs is 1. The molecule has 0 unspecified atom stereocenters. The molecule has 1 aromatic carbocycles. The molecular formula is C19H22N6O. The number of nitrogen functional groups attached to an aromatic ring is 1. The highest BCUT2D eigenvalue weighted by Gasteiger charge is 2.22. The predicted molar refractivity (Wildman–Crippen MR) is 100 cm³/mol. The number of nitrogens with zero attached hydrogens (tertiary/aromatic N) is 4. The third-order valence-electron chi connectivity index (χ3n) is 4.82. The lowest BCUT2D eigenvalue weighted by molar-refractivity contribution is 0.234. The van der Waals surface area contributed by atoms with E-state index in [2.05, 4.69) is 21.9 Å². The molecule has 0 bridgehead atoms. The molecule has 0 amide bonds. The summed E-state index contributed by atoms with van der Waals surface area (Å²) in [7, 11) is 0. The summed E-state index contributed by atoms with van der Waals surface area (Å²) < 4.78 is 1.99. The molecular weight excluding hydrogens is 328 g/mol. The van der Waals surface area contributed by atoms with Crippen molar-refractivity contribution in [2.45, 2.75) is 33.0 Å². The average molecular weight is 350 g/mol. The lowest BCUT2D eigenvalue weighted by Gasteiger charge is -2.27. The van der Waals surface area contributed by atoms with Crippen molar-refractivity contribution in [1.82, 2.24) is 24.6 Å². The molecule has 7 heteroatoms. The average Bonchev–Trinajstić information content (AvgIpc) is 3.10. The van der Waals surface area contributed by atoms with Gasteiger partial charge in [-0.2, -0.15) is 5.10 Å². The summed E-state index contributed by atoms with van der Waals surface area (Å²) in [6.45, 7) is 5.19. The molecule has 0 aliphatic carbocycles. The van der Waals surface area contributed by atoms with E-state index < -0.39 is 0 Å². The largest absolute Gasteiger partial charge is 0.399 e. The van der Waals surface area contributed by atoms with Crippen molar-refractivity contribution in [2.24, 2.45) is 0 Å².